The van der Waals surface area contributed by atoms with E-state index in [4.69, 9.17) is 4.74 Å². The molecule has 1 aliphatic rings. The zero-order valence-corrected chi connectivity index (χ0v) is 10.9. The van der Waals surface area contributed by atoms with Crippen LogP contribution in [-0.4, -0.2) is 12.4 Å². The van der Waals surface area contributed by atoms with Crippen LogP contribution in [0.25, 0.3) is 0 Å². The lowest BCUT2D eigenvalue weighted by Gasteiger charge is -2.20. The first-order valence-electron chi connectivity index (χ1n) is 5.39. The van der Waals surface area contributed by atoms with Crippen LogP contribution in [0.2, 0.25) is 0 Å². The molecule has 0 N–H and O–H groups in total. The number of allylic oxidation sites excluding steroid dienone is 3. The zero-order valence-electron chi connectivity index (χ0n) is 9.32. The molecule has 0 bridgehead atoms. The number of rotatable bonds is 3. The van der Waals surface area contributed by atoms with Gasteiger partial charge in [-0.2, -0.15) is 0 Å². The monoisotopic (exact) mass is 278 g/mol. The molecule has 1 nitrogen and oxygen atoms in total. The van der Waals surface area contributed by atoms with Gasteiger partial charge in [-0.25, -0.2) is 0 Å². The molecule has 0 saturated heterocycles. The molecule has 2 heteroatoms. The molecule has 0 radical (unpaired) electrons. The van der Waals surface area contributed by atoms with Gasteiger partial charge < -0.3 is 4.74 Å². The number of halogens is 1. The van der Waals surface area contributed by atoms with E-state index in [9.17, 15) is 0 Å². The normalized spacial score (nSPS) is 20.0. The Morgan fingerprint density at radius 1 is 1.31 bits per heavy atom. The number of benzene rings is 1. The van der Waals surface area contributed by atoms with Crippen LogP contribution in [0.1, 0.15) is 17.9 Å². The minimum absolute atomic E-state index is 0.439. The molecule has 16 heavy (non-hydrogen) atoms. The van der Waals surface area contributed by atoms with Gasteiger partial charge in [0, 0.05) is 11.2 Å². The summed E-state index contributed by atoms with van der Waals surface area (Å²) in [5.74, 6) is 1.41. The molecular formula is C14H15BrO. The average Bonchev–Trinajstić information content (AvgIpc) is 2.39. The van der Waals surface area contributed by atoms with Crippen LogP contribution in [0.4, 0.5) is 0 Å². The van der Waals surface area contributed by atoms with E-state index in [1.165, 1.54) is 11.1 Å². The smallest absolute Gasteiger partial charge is 0.115 e. The SMILES string of the molecule is COC1=CC(c2ccccc2)CC(CBr)=C1. The van der Waals surface area contributed by atoms with Gasteiger partial charge in [0.2, 0.25) is 0 Å². The summed E-state index contributed by atoms with van der Waals surface area (Å²) in [7, 11) is 1.72. The van der Waals surface area contributed by atoms with Crippen molar-refractivity contribution in [3.8, 4) is 0 Å². The number of hydrogen-bond acceptors (Lipinski definition) is 1. The van der Waals surface area contributed by atoms with Gasteiger partial charge in [0.1, 0.15) is 5.76 Å². The highest BCUT2D eigenvalue weighted by Gasteiger charge is 2.16. The summed E-state index contributed by atoms with van der Waals surface area (Å²) in [5, 5.41) is 0.914. The van der Waals surface area contributed by atoms with Gasteiger partial charge in [-0.15, -0.1) is 0 Å². The van der Waals surface area contributed by atoms with E-state index in [0.29, 0.717) is 5.92 Å². The van der Waals surface area contributed by atoms with E-state index in [0.717, 1.165) is 17.5 Å². The fraction of sp³-hybridized carbons (Fsp3) is 0.286. The lowest BCUT2D eigenvalue weighted by Crippen LogP contribution is -2.05. The molecule has 1 aliphatic carbocycles. The maximum absolute atomic E-state index is 5.34. The van der Waals surface area contributed by atoms with E-state index in [1.807, 2.05) is 0 Å². The van der Waals surface area contributed by atoms with Crippen molar-refractivity contribution >= 4 is 15.9 Å². The zero-order chi connectivity index (χ0) is 11.4. The van der Waals surface area contributed by atoms with Crippen molar-refractivity contribution in [2.45, 2.75) is 12.3 Å². The van der Waals surface area contributed by atoms with Crippen molar-refractivity contribution in [1.82, 2.24) is 0 Å². The average molecular weight is 279 g/mol. The summed E-state index contributed by atoms with van der Waals surface area (Å²) >= 11 is 3.52. The van der Waals surface area contributed by atoms with E-state index in [-0.39, 0.29) is 0 Å². The van der Waals surface area contributed by atoms with Crippen LogP contribution in [-0.2, 0) is 4.74 Å². The van der Waals surface area contributed by atoms with Crippen LogP contribution in [0.5, 0.6) is 0 Å². The summed E-state index contributed by atoms with van der Waals surface area (Å²) in [6.45, 7) is 0. The minimum atomic E-state index is 0.439. The summed E-state index contributed by atoms with van der Waals surface area (Å²) < 4.78 is 5.34. The van der Waals surface area contributed by atoms with Gasteiger partial charge in [0.25, 0.3) is 0 Å². The third kappa shape index (κ3) is 2.56. The van der Waals surface area contributed by atoms with Crippen LogP contribution >= 0.6 is 15.9 Å². The van der Waals surface area contributed by atoms with E-state index in [1.54, 1.807) is 7.11 Å². The number of alkyl halides is 1. The molecule has 0 amide bonds. The van der Waals surface area contributed by atoms with Gasteiger partial charge in [-0.1, -0.05) is 51.8 Å². The standard InChI is InChI=1S/C14H15BrO/c1-16-14-8-11(10-15)7-13(9-14)12-5-3-2-4-6-12/h2-6,8-9,13H,7,10H2,1H3. The number of methoxy groups -OCH3 is 1. The van der Waals surface area contributed by atoms with Crippen molar-refractivity contribution in [1.29, 1.82) is 0 Å². The highest BCUT2D eigenvalue weighted by Crippen LogP contribution is 2.31. The maximum Gasteiger partial charge on any atom is 0.115 e. The van der Waals surface area contributed by atoms with Crippen molar-refractivity contribution in [2.24, 2.45) is 0 Å². The van der Waals surface area contributed by atoms with Crippen molar-refractivity contribution in [3.63, 3.8) is 0 Å². The molecule has 0 spiro atoms. The third-order valence-corrected chi connectivity index (χ3v) is 3.55. The van der Waals surface area contributed by atoms with Gasteiger partial charge in [0.05, 0.1) is 7.11 Å². The topological polar surface area (TPSA) is 9.23 Å². The van der Waals surface area contributed by atoms with E-state index >= 15 is 0 Å². The Bertz CT molecular complexity index is 406. The molecule has 1 atom stereocenters. The number of ether oxygens (including phenoxy) is 1. The second-order valence-corrected chi connectivity index (χ2v) is 4.49. The first kappa shape index (κ1) is 11.5. The predicted octanol–water partition coefficient (Wildman–Crippen LogP) is 4.03. The lowest BCUT2D eigenvalue weighted by molar-refractivity contribution is 0.301. The first-order valence-corrected chi connectivity index (χ1v) is 6.52. The Labute approximate surface area is 105 Å². The van der Waals surface area contributed by atoms with Gasteiger partial charge >= 0.3 is 0 Å². The Morgan fingerprint density at radius 2 is 2.06 bits per heavy atom. The Morgan fingerprint density at radius 3 is 2.69 bits per heavy atom. The van der Waals surface area contributed by atoms with Crippen LogP contribution in [0.3, 0.4) is 0 Å². The summed E-state index contributed by atoms with van der Waals surface area (Å²) in [5.41, 5.74) is 2.73. The van der Waals surface area contributed by atoms with E-state index < -0.39 is 0 Å². The molecular weight excluding hydrogens is 264 g/mol. The van der Waals surface area contributed by atoms with Gasteiger partial charge in [-0.05, 0) is 24.1 Å². The molecule has 0 saturated carbocycles. The molecule has 0 aliphatic heterocycles. The van der Waals surface area contributed by atoms with Crippen LogP contribution in [0, 0.1) is 0 Å². The summed E-state index contributed by atoms with van der Waals surface area (Å²) in [6.07, 6.45) is 5.39. The molecule has 0 heterocycles. The van der Waals surface area contributed by atoms with E-state index in [2.05, 4.69) is 58.4 Å². The minimum Gasteiger partial charge on any atom is -0.497 e. The maximum atomic E-state index is 5.34. The highest BCUT2D eigenvalue weighted by molar-refractivity contribution is 9.09. The second-order valence-electron chi connectivity index (χ2n) is 3.93. The largest absolute Gasteiger partial charge is 0.497 e. The molecule has 1 aromatic rings. The quantitative estimate of drug-likeness (QED) is 0.759. The first-order chi connectivity index (χ1) is 7.83. The van der Waals surface area contributed by atoms with Crippen molar-refractivity contribution in [2.75, 3.05) is 12.4 Å². The fourth-order valence-corrected chi connectivity index (χ4v) is 2.37. The Hall–Kier alpha value is -1.02. The lowest BCUT2D eigenvalue weighted by atomic mass is 9.88. The predicted molar refractivity (Wildman–Crippen MR) is 70.8 cm³/mol. The third-order valence-electron chi connectivity index (χ3n) is 2.83. The molecule has 0 aromatic heterocycles. The fourth-order valence-electron chi connectivity index (χ4n) is 1.98. The number of hydrogen-bond donors (Lipinski definition) is 0. The molecule has 1 aromatic carbocycles. The van der Waals surface area contributed by atoms with Gasteiger partial charge in [0.15, 0.2) is 0 Å². The van der Waals surface area contributed by atoms with Crippen LogP contribution in [0.15, 0.2) is 53.8 Å². The molecule has 0 fully saturated rings. The Kier molecular flexibility index (Phi) is 3.83. The Balaban J connectivity index is 2.25. The highest BCUT2D eigenvalue weighted by atomic mass is 79.9. The molecule has 84 valence electrons. The van der Waals surface area contributed by atoms with Crippen molar-refractivity contribution in [3.05, 3.63) is 59.4 Å². The van der Waals surface area contributed by atoms with Crippen LogP contribution < -0.4 is 0 Å². The molecule has 1 unspecified atom stereocenters. The summed E-state index contributed by atoms with van der Waals surface area (Å²) in [4.78, 5) is 0. The second kappa shape index (κ2) is 5.35. The van der Waals surface area contributed by atoms with Gasteiger partial charge in [-0.3, -0.25) is 0 Å². The molecule has 2 rings (SSSR count). The summed E-state index contributed by atoms with van der Waals surface area (Å²) in [6, 6.07) is 10.6. The van der Waals surface area contributed by atoms with Crippen molar-refractivity contribution < 1.29 is 4.74 Å².